The third-order valence-electron chi connectivity index (χ3n) is 5.26. The fraction of sp³-hybridized carbons (Fsp3) is 0.227. The first kappa shape index (κ1) is 21.2. The van der Waals surface area contributed by atoms with Gasteiger partial charge in [-0.1, -0.05) is 35.3 Å². The molecule has 4 rings (SSSR count). The van der Waals surface area contributed by atoms with Gasteiger partial charge in [-0.15, -0.1) is 0 Å². The third kappa shape index (κ3) is 4.52. The van der Waals surface area contributed by atoms with Crippen LogP contribution < -0.4 is 10.6 Å². The van der Waals surface area contributed by atoms with Crippen LogP contribution in [0.5, 0.6) is 5.88 Å². The van der Waals surface area contributed by atoms with E-state index in [0.717, 1.165) is 16.5 Å². The van der Waals surface area contributed by atoms with Gasteiger partial charge in [0.15, 0.2) is 5.88 Å². The van der Waals surface area contributed by atoms with E-state index < -0.39 is 11.9 Å². The van der Waals surface area contributed by atoms with Crippen molar-refractivity contribution in [1.29, 1.82) is 0 Å². The Morgan fingerprint density at radius 2 is 1.90 bits per heavy atom. The molecule has 1 aromatic heterocycles. The minimum Gasteiger partial charge on any atom is -0.494 e. The van der Waals surface area contributed by atoms with Gasteiger partial charge in [-0.2, -0.15) is 0 Å². The van der Waals surface area contributed by atoms with Gasteiger partial charge in [-0.05, 0) is 41.8 Å². The van der Waals surface area contributed by atoms with Gasteiger partial charge >= 0.3 is 0 Å². The Morgan fingerprint density at radius 1 is 1.13 bits per heavy atom. The molecule has 3 aromatic rings. The quantitative estimate of drug-likeness (QED) is 0.508. The molecule has 2 heterocycles. The molecule has 1 fully saturated rings. The number of fused-ring (bicyclic) bond motifs is 1. The van der Waals surface area contributed by atoms with E-state index in [1.165, 1.54) is 4.57 Å². The second kappa shape index (κ2) is 8.61. The lowest BCUT2D eigenvalue weighted by Crippen LogP contribution is -2.41. The van der Waals surface area contributed by atoms with Crippen LogP contribution in [0.3, 0.4) is 0 Å². The van der Waals surface area contributed by atoms with Crippen LogP contribution >= 0.6 is 23.2 Å². The summed E-state index contributed by atoms with van der Waals surface area (Å²) in [6.45, 7) is 0.306. The highest BCUT2D eigenvalue weighted by Gasteiger charge is 2.30. The number of hydrogen-bond acceptors (Lipinski definition) is 4. The number of rotatable bonds is 5. The molecule has 0 aliphatic carbocycles. The number of piperidine rings is 1. The second-order valence-corrected chi connectivity index (χ2v) is 8.26. The number of aromatic nitrogens is 1. The Balaban J connectivity index is 1.45. The number of aromatic hydroxyl groups is 1. The van der Waals surface area contributed by atoms with Crippen LogP contribution in [0, 0.1) is 0 Å². The highest BCUT2D eigenvalue weighted by molar-refractivity contribution is 6.42. The summed E-state index contributed by atoms with van der Waals surface area (Å²) in [4.78, 5) is 35.8. The van der Waals surface area contributed by atoms with Crippen molar-refractivity contribution in [2.45, 2.75) is 31.8 Å². The molecule has 2 aromatic carbocycles. The minimum atomic E-state index is -0.639. The number of nitrogens with zero attached hydrogens (tertiary/aromatic N) is 1. The Hall–Kier alpha value is -3.03. The zero-order valence-electron chi connectivity index (χ0n) is 16.3. The molecule has 1 atom stereocenters. The fourth-order valence-corrected chi connectivity index (χ4v) is 3.99. The van der Waals surface area contributed by atoms with E-state index in [1.54, 1.807) is 36.5 Å². The van der Waals surface area contributed by atoms with E-state index in [0.29, 0.717) is 28.4 Å². The fourth-order valence-electron chi connectivity index (χ4n) is 3.67. The van der Waals surface area contributed by atoms with Crippen molar-refractivity contribution in [3.05, 3.63) is 63.8 Å². The molecular formula is C22H19Cl2N3O4. The summed E-state index contributed by atoms with van der Waals surface area (Å²) in [5.74, 6) is -0.930. The molecule has 1 aliphatic rings. The average molecular weight is 460 g/mol. The van der Waals surface area contributed by atoms with Gasteiger partial charge < -0.3 is 15.0 Å². The first-order valence-electron chi connectivity index (χ1n) is 9.68. The van der Waals surface area contributed by atoms with Gasteiger partial charge in [0, 0.05) is 29.9 Å². The van der Waals surface area contributed by atoms with Crippen molar-refractivity contribution in [2.24, 2.45) is 0 Å². The first-order valence-corrected chi connectivity index (χ1v) is 10.4. The van der Waals surface area contributed by atoms with E-state index in [9.17, 15) is 19.5 Å². The first-order chi connectivity index (χ1) is 14.8. The summed E-state index contributed by atoms with van der Waals surface area (Å²) in [6, 6.07) is 9.82. The summed E-state index contributed by atoms with van der Waals surface area (Å²) in [5, 5.41) is 17.9. The Kier molecular flexibility index (Phi) is 5.89. The largest absolute Gasteiger partial charge is 0.494 e. The molecule has 160 valence electrons. The highest BCUT2D eigenvalue weighted by Crippen LogP contribution is 2.33. The molecule has 1 unspecified atom stereocenters. The molecule has 3 amide bonds. The summed E-state index contributed by atoms with van der Waals surface area (Å²) in [6.07, 6.45) is 2.41. The minimum absolute atomic E-state index is 0.0281. The molecule has 0 saturated carbocycles. The zero-order chi connectivity index (χ0) is 22.1. The molecule has 9 heteroatoms. The number of imide groups is 1. The predicted octanol–water partition coefficient (Wildman–Crippen LogP) is 3.49. The van der Waals surface area contributed by atoms with Gasteiger partial charge in [0.05, 0.1) is 16.5 Å². The number of carbonyl (C=O) groups is 3. The van der Waals surface area contributed by atoms with Crippen LogP contribution in [0.4, 0.5) is 0 Å². The van der Waals surface area contributed by atoms with Crippen LogP contribution in [-0.2, 0) is 27.3 Å². The van der Waals surface area contributed by atoms with Crippen LogP contribution in [0.25, 0.3) is 10.8 Å². The maximum absolute atomic E-state index is 12.3. The summed E-state index contributed by atoms with van der Waals surface area (Å²) >= 11 is 11.9. The highest BCUT2D eigenvalue weighted by atomic mass is 35.5. The van der Waals surface area contributed by atoms with Crippen LogP contribution in [0.2, 0.25) is 10.0 Å². The molecule has 7 nitrogen and oxygen atoms in total. The number of amides is 3. The third-order valence-corrected chi connectivity index (χ3v) is 6.00. The van der Waals surface area contributed by atoms with Gasteiger partial charge in [-0.3, -0.25) is 19.7 Å². The van der Waals surface area contributed by atoms with Crippen molar-refractivity contribution < 1.29 is 19.5 Å². The molecule has 0 spiro atoms. The standard InChI is InChI=1S/C22H19Cl2N3O4/c23-16-4-2-12(8-17(16)24)9-20(29)25-10-13-1-3-15-14(7-13)11-27(22(15)31)18-5-6-19(28)26-21(18)30/h1-4,7-8,11,18,31H,5-6,9-10H2,(H,25,29)(H,26,28,30). The number of nitrogens with one attached hydrogen (secondary N) is 2. The molecule has 31 heavy (non-hydrogen) atoms. The lowest BCUT2D eigenvalue weighted by Gasteiger charge is -2.22. The second-order valence-electron chi connectivity index (χ2n) is 7.45. The Morgan fingerprint density at radius 3 is 2.65 bits per heavy atom. The molecule has 1 aliphatic heterocycles. The van der Waals surface area contributed by atoms with E-state index in [-0.39, 0.29) is 30.5 Å². The normalized spacial score (nSPS) is 16.4. The molecular weight excluding hydrogens is 441 g/mol. The van der Waals surface area contributed by atoms with Crippen molar-refractivity contribution in [3.63, 3.8) is 0 Å². The maximum Gasteiger partial charge on any atom is 0.249 e. The Labute approximate surface area is 187 Å². The van der Waals surface area contributed by atoms with Gasteiger partial charge in [0.1, 0.15) is 6.04 Å². The van der Waals surface area contributed by atoms with Crippen LogP contribution in [0.15, 0.2) is 42.6 Å². The van der Waals surface area contributed by atoms with Crippen molar-refractivity contribution in [3.8, 4) is 5.88 Å². The lowest BCUT2D eigenvalue weighted by molar-refractivity contribution is -0.135. The molecule has 0 bridgehead atoms. The number of benzene rings is 2. The summed E-state index contributed by atoms with van der Waals surface area (Å²) in [7, 11) is 0. The van der Waals surface area contributed by atoms with Gasteiger partial charge in [0.25, 0.3) is 0 Å². The van der Waals surface area contributed by atoms with E-state index in [1.807, 2.05) is 6.07 Å². The van der Waals surface area contributed by atoms with Crippen LogP contribution in [-0.4, -0.2) is 27.4 Å². The van der Waals surface area contributed by atoms with Crippen molar-refractivity contribution in [1.82, 2.24) is 15.2 Å². The molecule has 3 N–H and O–H groups in total. The maximum atomic E-state index is 12.3. The van der Waals surface area contributed by atoms with Crippen molar-refractivity contribution in [2.75, 3.05) is 0 Å². The zero-order valence-corrected chi connectivity index (χ0v) is 17.8. The molecule has 0 radical (unpaired) electrons. The lowest BCUT2D eigenvalue weighted by atomic mass is 10.1. The van der Waals surface area contributed by atoms with E-state index in [2.05, 4.69) is 10.6 Å². The van der Waals surface area contributed by atoms with Gasteiger partial charge in [-0.25, -0.2) is 0 Å². The average Bonchev–Trinajstić information content (AvgIpc) is 3.05. The molecule has 1 saturated heterocycles. The van der Waals surface area contributed by atoms with Crippen molar-refractivity contribution >= 4 is 51.7 Å². The smallest absolute Gasteiger partial charge is 0.249 e. The summed E-state index contributed by atoms with van der Waals surface area (Å²) in [5.41, 5.74) is 1.60. The summed E-state index contributed by atoms with van der Waals surface area (Å²) < 4.78 is 1.49. The SMILES string of the molecule is O=C(Cc1ccc(Cl)c(Cl)c1)NCc1ccc2c(O)n(C3CCC(=O)NC3=O)cc2c1. The Bertz CT molecular complexity index is 1200. The van der Waals surface area contributed by atoms with E-state index in [4.69, 9.17) is 23.2 Å². The number of hydrogen-bond donors (Lipinski definition) is 3. The topological polar surface area (TPSA) is 100 Å². The number of carbonyl (C=O) groups excluding carboxylic acids is 3. The number of halogens is 2. The van der Waals surface area contributed by atoms with Crippen LogP contribution in [0.1, 0.15) is 30.0 Å². The predicted molar refractivity (Wildman–Crippen MR) is 117 cm³/mol. The van der Waals surface area contributed by atoms with E-state index >= 15 is 0 Å². The van der Waals surface area contributed by atoms with Gasteiger partial charge in [0.2, 0.25) is 17.7 Å². The monoisotopic (exact) mass is 459 g/mol.